The predicted molar refractivity (Wildman–Crippen MR) is 39.7 cm³/mol. The third-order valence-corrected chi connectivity index (χ3v) is 2.90. The summed E-state index contributed by atoms with van der Waals surface area (Å²) in [4.78, 5) is 21.3. The van der Waals surface area contributed by atoms with Crippen LogP contribution in [0.25, 0.3) is 0 Å². The molecule has 0 spiro atoms. The highest BCUT2D eigenvalue weighted by Crippen LogP contribution is 2.03. The van der Waals surface area contributed by atoms with Crippen molar-refractivity contribution in [2.75, 3.05) is 0 Å². The smallest absolute Gasteiger partial charge is 0.139 e. The van der Waals surface area contributed by atoms with Crippen molar-refractivity contribution in [3.8, 4) is 0 Å². The van der Waals surface area contributed by atoms with Crippen molar-refractivity contribution in [2.45, 2.75) is 25.8 Å². The lowest BCUT2D eigenvalue weighted by atomic mass is 10.2. The number of hydrogen-bond donors (Lipinski definition) is 0. The van der Waals surface area contributed by atoms with E-state index in [1.165, 1.54) is 6.92 Å². The van der Waals surface area contributed by atoms with Gasteiger partial charge in [-0.2, -0.15) is 0 Å². The highest BCUT2D eigenvalue weighted by molar-refractivity contribution is 6.36. The van der Waals surface area contributed by atoms with E-state index in [0.29, 0.717) is 16.7 Å². The van der Waals surface area contributed by atoms with Crippen LogP contribution in [0.5, 0.6) is 0 Å². The van der Waals surface area contributed by atoms with Crippen LogP contribution in [0, 0.1) is 0 Å². The molecule has 0 saturated heterocycles. The van der Waals surface area contributed by atoms with Gasteiger partial charge in [-0.25, -0.2) is 0 Å². The van der Waals surface area contributed by atoms with E-state index in [1.807, 2.05) is 0 Å². The normalized spacial score (nSPS) is 13.1. The van der Waals surface area contributed by atoms with Gasteiger partial charge in [-0.3, -0.25) is 9.59 Å². The van der Waals surface area contributed by atoms with Gasteiger partial charge in [-0.05, 0) is 6.92 Å². The fourth-order valence-corrected chi connectivity index (χ4v) is 0.941. The summed E-state index contributed by atoms with van der Waals surface area (Å²) in [5.74, 6) is 0.114. The van der Waals surface area contributed by atoms with E-state index in [0.717, 1.165) is 0 Å². The zero-order chi connectivity index (χ0) is 7.44. The SMILES string of the molecule is CCC(=O)C([SiH3])C(C)=O. The Morgan fingerprint density at radius 2 is 2.00 bits per heavy atom. The van der Waals surface area contributed by atoms with Crippen LogP contribution >= 0.6 is 0 Å². The molecule has 52 valence electrons. The Morgan fingerprint density at radius 1 is 1.56 bits per heavy atom. The van der Waals surface area contributed by atoms with Crippen molar-refractivity contribution in [3.63, 3.8) is 0 Å². The van der Waals surface area contributed by atoms with E-state index in [2.05, 4.69) is 0 Å². The molecular formula is C6H12O2Si. The minimum atomic E-state index is -0.255. The standard InChI is InChI=1S/C6H12O2Si/c1-3-5(8)6(9)4(2)7/h6H,3H2,1-2,9H3. The van der Waals surface area contributed by atoms with Gasteiger partial charge in [0.15, 0.2) is 0 Å². The Hall–Kier alpha value is -0.443. The highest BCUT2D eigenvalue weighted by Gasteiger charge is 2.14. The quantitative estimate of drug-likeness (QED) is 0.403. The van der Waals surface area contributed by atoms with Crippen molar-refractivity contribution in [1.82, 2.24) is 0 Å². The Morgan fingerprint density at radius 3 is 2.11 bits per heavy atom. The second kappa shape index (κ2) is 3.56. The van der Waals surface area contributed by atoms with E-state index in [4.69, 9.17) is 0 Å². The molecule has 1 unspecified atom stereocenters. The first-order valence-corrected chi connectivity index (χ1v) is 4.28. The third-order valence-electron chi connectivity index (χ3n) is 1.44. The van der Waals surface area contributed by atoms with E-state index in [9.17, 15) is 9.59 Å². The molecule has 9 heavy (non-hydrogen) atoms. The van der Waals surface area contributed by atoms with E-state index in [-0.39, 0.29) is 17.1 Å². The number of carbonyl (C=O) groups excluding carboxylic acids is 2. The Labute approximate surface area is 58.1 Å². The summed E-state index contributed by atoms with van der Waals surface area (Å²) in [6.45, 7) is 3.27. The third kappa shape index (κ3) is 2.55. The molecule has 0 amide bonds. The second-order valence-electron chi connectivity index (χ2n) is 2.15. The first-order chi connectivity index (χ1) is 4.09. The lowest BCUT2D eigenvalue weighted by molar-refractivity contribution is -0.125. The molecule has 0 aliphatic rings. The molecule has 0 aliphatic carbocycles. The van der Waals surface area contributed by atoms with Gasteiger partial charge in [0.05, 0.1) is 5.54 Å². The van der Waals surface area contributed by atoms with E-state index >= 15 is 0 Å². The molecule has 0 aliphatic heterocycles. The summed E-state index contributed by atoms with van der Waals surface area (Å²) in [5.41, 5.74) is -0.255. The largest absolute Gasteiger partial charge is 0.300 e. The van der Waals surface area contributed by atoms with Crippen LogP contribution in [0.4, 0.5) is 0 Å². The predicted octanol–water partition coefficient (Wildman–Crippen LogP) is -0.292. The summed E-state index contributed by atoms with van der Waals surface area (Å²) in [6.07, 6.45) is 0.494. The van der Waals surface area contributed by atoms with Gasteiger partial charge < -0.3 is 0 Å². The first-order valence-electron chi connectivity index (χ1n) is 3.12. The van der Waals surface area contributed by atoms with Crippen LogP contribution in [0.1, 0.15) is 20.3 Å². The van der Waals surface area contributed by atoms with Gasteiger partial charge in [0.2, 0.25) is 0 Å². The number of Topliss-reactive ketones (excluding diaryl/α,β-unsaturated/α-hetero) is 2. The molecule has 0 heterocycles. The van der Waals surface area contributed by atoms with Crippen LogP contribution in [-0.2, 0) is 9.59 Å². The van der Waals surface area contributed by atoms with Gasteiger partial charge in [-0.1, -0.05) is 6.92 Å². The van der Waals surface area contributed by atoms with E-state index in [1.54, 1.807) is 6.92 Å². The maximum atomic E-state index is 10.8. The summed E-state index contributed by atoms with van der Waals surface area (Å²) < 4.78 is 0. The van der Waals surface area contributed by atoms with Crippen LogP contribution < -0.4 is 0 Å². The topological polar surface area (TPSA) is 34.1 Å². The zero-order valence-corrected chi connectivity index (χ0v) is 8.10. The minimum Gasteiger partial charge on any atom is -0.300 e. The first kappa shape index (κ1) is 8.56. The molecule has 2 nitrogen and oxygen atoms in total. The molecule has 1 atom stereocenters. The Kier molecular flexibility index (Phi) is 3.38. The molecule has 0 aromatic rings. The van der Waals surface area contributed by atoms with Gasteiger partial charge in [0.1, 0.15) is 11.6 Å². The Bertz CT molecular complexity index is 131. The summed E-state index contributed by atoms with van der Waals surface area (Å²) in [7, 11) is 0.668. The van der Waals surface area contributed by atoms with Crippen LogP contribution in [0.3, 0.4) is 0 Å². The fraction of sp³-hybridized carbons (Fsp3) is 0.667. The average Bonchev–Trinajstić information content (AvgIpc) is 1.84. The van der Waals surface area contributed by atoms with Crippen LogP contribution in [-0.4, -0.2) is 21.8 Å². The molecule has 0 N–H and O–H groups in total. The van der Waals surface area contributed by atoms with Gasteiger partial charge in [0, 0.05) is 16.7 Å². The van der Waals surface area contributed by atoms with Gasteiger partial charge in [-0.15, -0.1) is 0 Å². The van der Waals surface area contributed by atoms with Crippen molar-refractivity contribution < 1.29 is 9.59 Å². The molecule has 0 aromatic carbocycles. The van der Waals surface area contributed by atoms with Gasteiger partial charge in [0.25, 0.3) is 0 Å². The molecular weight excluding hydrogens is 132 g/mol. The molecule has 3 heteroatoms. The second-order valence-corrected chi connectivity index (χ2v) is 3.31. The molecule has 0 bridgehead atoms. The molecule has 0 saturated carbocycles. The molecule has 0 radical (unpaired) electrons. The monoisotopic (exact) mass is 144 g/mol. The Balaban J connectivity index is 3.88. The number of rotatable bonds is 3. The summed E-state index contributed by atoms with van der Waals surface area (Å²) in [6, 6.07) is 0. The molecule has 0 rings (SSSR count). The number of hydrogen-bond acceptors (Lipinski definition) is 2. The van der Waals surface area contributed by atoms with E-state index < -0.39 is 0 Å². The zero-order valence-electron chi connectivity index (χ0n) is 6.10. The summed E-state index contributed by atoms with van der Waals surface area (Å²) in [5, 5.41) is 0. The maximum Gasteiger partial charge on any atom is 0.139 e. The maximum absolute atomic E-state index is 10.8. The molecule has 0 fully saturated rings. The average molecular weight is 144 g/mol. The van der Waals surface area contributed by atoms with Crippen molar-refractivity contribution in [2.24, 2.45) is 0 Å². The highest BCUT2D eigenvalue weighted by atomic mass is 28.1. The minimum absolute atomic E-state index is 0.0218. The number of carbonyl (C=O) groups is 2. The lowest BCUT2D eigenvalue weighted by Crippen LogP contribution is -2.14. The van der Waals surface area contributed by atoms with Crippen LogP contribution in [0.15, 0.2) is 0 Å². The van der Waals surface area contributed by atoms with Crippen molar-refractivity contribution >= 4 is 21.8 Å². The lowest BCUT2D eigenvalue weighted by Gasteiger charge is -2.01. The van der Waals surface area contributed by atoms with Crippen molar-refractivity contribution in [3.05, 3.63) is 0 Å². The van der Waals surface area contributed by atoms with Crippen LogP contribution in [0.2, 0.25) is 5.54 Å². The summed E-state index contributed by atoms with van der Waals surface area (Å²) >= 11 is 0. The molecule has 0 aromatic heterocycles. The van der Waals surface area contributed by atoms with Crippen molar-refractivity contribution in [1.29, 1.82) is 0 Å². The van der Waals surface area contributed by atoms with Gasteiger partial charge >= 0.3 is 0 Å². The number of ketones is 2. The fourth-order valence-electron chi connectivity index (χ4n) is 0.533.